The fourth-order valence-electron chi connectivity index (χ4n) is 2.66. The summed E-state index contributed by atoms with van der Waals surface area (Å²) >= 11 is 0. The quantitative estimate of drug-likeness (QED) is 0.887. The fraction of sp³-hybridized carbons (Fsp3) is 0.333. The second-order valence-electron chi connectivity index (χ2n) is 5.02. The summed E-state index contributed by atoms with van der Waals surface area (Å²) in [5, 5.41) is 0.922. The predicted octanol–water partition coefficient (Wildman–Crippen LogP) is 1.66. The van der Waals surface area contributed by atoms with Crippen LogP contribution >= 0.6 is 0 Å². The second kappa shape index (κ2) is 4.97. The van der Waals surface area contributed by atoms with Crippen LogP contribution in [0.1, 0.15) is 16.8 Å². The van der Waals surface area contributed by atoms with Crippen LogP contribution in [0, 0.1) is 5.92 Å². The molecule has 2 heterocycles. The van der Waals surface area contributed by atoms with Crippen LogP contribution in [0.25, 0.3) is 10.9 Å². The zero-order valence-corrected chi connectivity index (χ0v) is 10.7. The zero-order valence-electron chi connectivity index (χ0n) is 10.7. The molecule has 0 bridgehead atoms. The number of benzene rings is 1. The molecular weight excluding hydrogens is 238 g/mol. The number of nitrogens with two attached hydrogens (primary N) is 1. The number of pyridine rings is 1. The van der Waals surface area contributed by atoms with Gasteiger partial charge in [-0.25, -0.2) is 0 Å². The molecule has 2 N–H and O–H groups in total. The van der Waals surface area contributed by atoms with Crippen molar-refractivity contribution in [2.24, 2.45) is 11.7 Å². The SMILES string of the molecule is NCC1CCN(C(=O)c2ccnc3ccccc23)C1. The van der Waals surface area contributed by atoms with Crippen molar-refractivity contribution in [1.29, 1.82) is 0 Å². The van der Waals surface area contributed by atoms with Gasteiger partial charge < -0.3 is 10.6 Å². The van der Waals surface area contributed by atoms with Gasteiger partial charge in [-0.2, -0.15) is 0 Å². The Balaban J connectivity index is 1.94. The molecule has 1 saturated heterocycles. The van der Waals surface area contributed by atoms with Crippen molar-refractivity contribution in [3.63, 3.8) is 0 Å². The summed E-state index contributed by atoms with van der Waals surface area (Å²) < 4.78 is 0. The monoisotopic (exact) mass is 255 g/mol. The summed E-state index contributed by atoms with van der Waals surface area (Å²) in [6.45, 7) is 2.23. The average Bonchev–Trinajstić information content (AvgIpc) is 2.95. The first-order chi connectivity index (χ1) is 9.29. The van der Waals surface area contributed by atoms with E-state index in [2.05, 4.69) is 4.98 Å². The molecule has 0 spiro atoms. The second-order valence-corrected chi connectivity index (χ2v) is 5.02. The van der Waals surface area contributed by atoms with Crippen LogP contribution in [0.3, 0.4) is 0 Å². The number of para-hydroxylation sites is 1. The minimum Gasteiger partial charge on any atom is -0.338 e. The Morgan fingerprint density at radius 1 is 1.37 bits per heavy atom. The van der Waals surface area contributed by atoms with Crippen LogP contribution in [-0.4, -0.2) is 35.4 Å². The smallest absolute Gasteiger partial charge is 0.254 e. The van der Waals surface area contributed by atoms with Gasteiger partial charge in [0, 0.05) is 24.7 Å². The Labute approximate surface area is 112 Å². The molecule has 4 nitrogen and oxygen atoms in total. The minimum absolute atomic E-state index is 0.0922. The van der Waals surface area contributed by atoms with Gasteiger partial charge in [0.05, 0.1) is 11.1 Å². The highest BCUT2D eigenvalue weighted by molar-refractivity contribution is 6.06. The molecule has 1 amide bonds. The van der Waals surface area contributed by atoms with Crippen molar-refractivity contribution in [2.75, 3.05) is 19.6 Å². The summed E-state index contributed by atoms with van der Waals surface area (Å²) in [4.78, 5) is 18.8. The normalized spacial score (nSPS) is 19.0. The molecule has 4 heteroatoms. The van der Waals surface area contributed by atoms with Crippen molar-refractivity contribution < 1.29 is 4.79 Å². The van der Waals surface area contributed by atoms with E-state index in [0.717, 1.165) is 36.0 Å². The van der Waals surface area contributed by atoms with Crippen molar-refractivity contribution >= 4 is 16.8 Å². The summed E-state index contributed by atoms with van der Waals surface area (Å²) in [7, 11) is 0. The molecule has 0 saturated carbocycles. The van der Waals surface area contributed by atoms with Crippen LogP contribution in [-0.2, 0) is 0 Å². The number of amides is 1. The lowest BCUT2D eigenvalue weighted by Gasteiger charge is -2.17. The molecule has 1 aliphatic rings. The Morgan fingerprint density at radius 2 is 2.21 bits per heavy atom. The molecule has 98 valence electrons. The van der Waals surface area contributed by atoms with Crippen molar-refractivity contribution in [3.05, 3.63) is 42.1 Å². The summed E-state index contributed by atoms with van der Waals surface area (Å²) in [6, 6.07) is 9.56. The van der Waals surface area contributed by atoms with E-state index in [1.54, 1.807) is 12.3 Å². The van der Waals surface area contributed by atoms with E-state index in [0.29, 0.717) is 12.5 Å². The molecule has 0 aliphatic carbocycles. The number of hydrogen-bond acceptors (Lipinski definition) is 3. The molecule has 1 fully saturated rings. The van der Waals surface area contributed by atoms with Crippen LogP contribution < -0.4 is 5.73 Å². The first-order valence-corrected chi connectivity index (χ1v) is 6.62. The fourth-order valence-corrected chi connectivity index (χ4v) is 2.66. The number of hydrogen-bond donors (Lipinski definition) is 1. The Kier molecular flexibility index (Phi) is 3.17. The number of carbonyl (C=O) groups excluding carboxylic acids is 1. The molecular formula is C15H17N3O. The lowest BCUT2D eigenvalue weighted by molar-refractivity contribution is 0.0789. The molecule has 19 heavy (non-hydrogen) atoms. The van der Waals surface area contributed by atoms with Crippen LogP contribution in [0.4, 0.5) is 0 Å². The molecule has 1 unspecified atom stereocenters. The van der Waals surface area contributed by atoms with E-state index in [-0.39, 0.29) is 5.91 Å². The Hall–Kier alpha value is -1.94. The van der Waals surface area contributed by atoms with Crippen molar-refractivity contribution in [3.8, 4) is 0 Å². The highest BCUT2D eigenvalue weighted by atomic mass is 16.2. The topological polar surface area (TPSA) is 59.2 Å². The minimum atomic E-state index is 0.0922. The van der Waals surface area contributed by atoms with Crippen LogP contribution in [0.5, 0.6) is 0 Å². The third kappa shape index (κ3) is 2.19. The van der Waals surface area contributed by atoms with E-state index < -0.39 is 0 Å². The van der Waals surface area contributed by atoms with Crippen molar-refractivity contribution in [2.45, 2.75) is 6.42 Å². The first kappa shape index (κ1) is 12.1. The van der Waals surface area contributed by atoms with E-state index >= 15 is 0 Å². The van der Waals surface area contributed by atoms with Gasteiger partial charge >= 0.3 is 0 Å². The number of nitrogens with zero attached hydrogens (tertiary/aromatic N) is 2. The lowest BCUT2D eigenvalue weighted by atomic mass is 10.1. The molecule has 2 aromatic rings. The molecule has 1 aromatic heterocycles. The van der Waals surface area contributed by atoms with Gasteiger partial charge in [0.2, 0.25) is 0 Å². The van der Waals surface area contributed by atoms with Gasteiger partial charge in [-0.15, -0.1) is 0 Å². The van der Waals surface area contributed by atoms with Gasteiger partial charge in [0.15, 0.2) is 0 Å². The lowest BCUT2D eigenvalue weighted by Crippen LogP contribution is -2.30. The zero-order chi connectivity index (χ0) is 13.2. The van der Waals surface area contributed by atoms with Gasteiger partial charge in [0.1, 0.15) is 0 Å². The molecule has 1 aromatic carbocycles. The third-order valence-electron chi connectivity index (χ3n) is 3.79. The summed E-state index contributed by atoms with van der Waals surface area (Å²) in [5.41, 5.74) is 7.28. The van der Waals surface area contributed by atoms with E-state index in [1.807, 2.05) is 29.2 Å². The predicted molar refractivity (Wildman–Crippen MR) is 74.8 cm³/mol. The van der Waals surface area contributed by atoms with Crippen molar-refractivity contribution in [1.82, 2.24) is 9.88 Å². The van der Waals surface area contributed by atoms with E-state index in [4.69, 9.17) is 5.73 Å². The highest BCUT2D eigenvalue weighted by Gasteiger charge is 2.26. The van der Waals surface area contributed by atoms with Crippen LogP contribution in [0.15, 0.2) is 36.5 Å². The van der Waals surface area contributed by atoms with Gasteiger partial charge in [-0.3, -0.25) is 9.78 Å². The summed E-state index contributed by atoms with van der Waals surface area (Å²) in [6.07, 6.45) is 2.71. The van der Waals surface area contributed by atoms with E-state index in [1.165, 1.54) is 0 Å². The number of likely N-dealkylation sites (tertiary alicyclic amines) is 1. The number of carbonyl (C=O) groups is 1. The van der Waals surface area contributed by atoms with Gasteiger partial charge in [0.25, 0.3) is 5.91 Å². The standard InChI is InChI=1S/C15H17N3O/c16-9-11-6-8-18(10-11)15(19)13-5-7-17-14-4-2-1-3-12(13)14/h1-5,7,11H,6,8-10,16H2. The third-order valence-corrected chi connectivity index (χ3v) is 3.79. The number of fused-ring (bicyclic) bond motifs is 1. The first-order valence-electron chi connectivity index (χ1n) is 6.62. The van der Waals surface area contributed by atoms with Gasteiger partial charge in [-0.05, 0) is 31.0 Å². The van der Waals surface area contributed by atoms with Crippen LogP contribution in [0.2, 0.25) is 0 Å². The maximum absolute atomic E-state index is 12.6. The van der Waals surface area contributed by atoms with E-state index in [9.17, 15) is 4.79 Å². The molecule has 0 radical (unpaired) electrons. The maximum Gasteiger partial charge on any atom is 0.254 e. The molecule has 1 aliphatic heterocycles. The maximum atomic E-state index is 12.6. The average molecular weight is 255 g/mol. The largest absolute Gasteiger partial charge is 0.338 e. The molecule has 3 rings (SSSR count). The molecule has 1 atom stereocenters. The Morgan fingerprint density at radius 3 is 3.00 bits per heavy atom. The number of aromatic nitrogens is 1. The van der Waals surface area contributed by atoms with Gasteiger partial charge in [-0.1, -0.05) is 18.2 Å². The number of rotatable bonds is 2. The summed E-state index contributed by atoms with van der Waals surface area (Å²) in [5.74, 6) is 0.534. The Bertz CT molecular complexity index is 606. The highest BCUT2D eigenvalue weighted by Crippen LogP contribution is 2.22.